The molecule has 0 saturated carbocycles. The lowest BCUT2D eigenvalue weighted by atomic mass is 9.85. The molecule has 106 valence electrons. The van der Waals surface area contributed by atoms with E-state index in [0.717, 1.165) is 0 Å². The molecular formula is C20H26. The minimum atomic E-state index is 1.39. The van der Waals surface area contributed by atoms with Crippen LogP contribution in [0.2, 0.25) is 0 Å². The second-order valence-electron chi connectivity index (χ2n) is 6.25. The van der Waals surface area contributed by atoms with Gasteiger partial charge < -0.3 is 0 Å². The lowest BCUT2D eigenvalue weighted by Gasteiger charge is -2.20. The molecule has 0 aliphatic rings. The SMILES string of the molecule is Cc1cc(-c2c(C)cc(C)c(C)c2C)c(C)c(C)c1C. The Bertz CT molecular complexity index is 688. The Morgan fingerprint density at radius 3 is 1.55 bits per heavy atom. The second-order valence-corrected chi connectivity index (χ2v) is 6.25. The van der Waals surface area contributed by atoms with Gasteiger partial charge in [0.05, 0.1) is 0 Å². The maximum Gasteiger partial charge on any atom is -0.0120 e. The number of rotatable bonds is 1. The quantitative estimate of drug-likeness (QED) is 0.610. The van der Waals surface area contributed by atoms with Crippen LogP contribution < -0.4 is 0 Å². The molecule has 0 radical (unpaired) electrons. The number of benzene rings is 2. The summed E-state index contributed by atoms with van der Waals surface area (Å²) in [4.78, 5) is 0. The molecule has 0 bridgehead atoms. The van der Waals surface area contributed by atoms with Gasteiger partial charge >= 0.3 is 0 Å². The Balaban J connectivity index is 2.86. The number of aryl methyl sites for hydroxylation is 3. The van der Waals surface area contributed by atoms with Gasteiger partial charge in [0.15, 0.2) is 0 Å². The molecule has 0 spiro atoms. The smallest absolute Gasteiger partial charge is 0.0120 e. The highest BCUT2D eigenvalue weighted by Gasteiger charge is 2.15. The van der Waals surface area contributed by atoms with Crippen molar-refractivity contribution in [1.29, 1.82) is 0 Å². The summed E-state index contributed by atoms with van der Waals surface area (Å²) in [6.45, 7) is 17.9. The van der Waals surface area contributed by atoms with Crippen LogP contribution in [0.25, 0.3) is 11.1 Å². The predicted octanol–water partition coefficient (Wildman–Crippen LogP) is 5.82. The first-order chi connectivity index (χ1) is 9.25. The van der Waals surface area contributed by atoms with Gasteiger partial charge in [-0.05, 0) is 111 Å². The fourth-order valence-electron chi connectivity index (χ4n) is 3.17. The Morgan fingerprint density at radius 1 is 0.450 bits per heavy atom. The van der Waals surface area contributed by atoms with Gasteiger partial charge in [0.1, 0.15) is 0 Å². The van der Waals surface area contributed by atoms with E-state index in [1.165, 1.54) is 55.6 Å². The van der Waals surface area contributed by atoms with E-state index < -0.39 is 0 Å². The van der Waals surface area contributed by atoms with E-state index in [4.69, 9.17) is 0 Å². The van der Waals surface area contributed by atoms with Crippen molar-refractivity contribution in [3.05, 3.63) is 56.6 Å². The summed E-state index contributed by atoms with van der Waals surface area (Å²) < 4.78 is 0. The van der Waals surface area contributed by atoms with Crippen molar-refractivity contribution in [3.8, 4) is 11.1 Å². The van der Waals surface area contributed by atoms with Crippen molar-refractivity contribution in [2.24, 2.45) is 0 Å². The van der Waals surface area contributed by atoms with Crippen LogP contribution in [0.5, 0.6) is 0 Å². The molecule has 2 aromatic carbocycles. The topological polar surface area (TPSA) is 0 Å². The third kappa shape index (κ3) is 2.18. The van der Waals surface area contributed by atoms with Crippen LogP contribution in [0, 0.1) is 55.4 Å². The summed E-state index contributed by atoms with van der Waals surface area (Å²) >= 11 is 0. The van der Waals surface area contributed by atoms with Crippen molar-refractivity contribution >= 4 is 0 Å². The van der Waals surface area contributed by atoms with Crippen LogP contribution in [0.3, 0.4) is 0 Å². The fraction of sp³-hybridized carbons (Fsp3) is 0.400. The molecule has 0 fully saturated rings. The van der Waals surface area contributed by atoms with E-state index in [-0.39, 0.29) is 0 Å². The van der Waals surface area contributed by atoms with E-state index in [1.807, 2.05) is 0 Å². The zero-order chi connectivity index (χ0) is 15.2. The van der Waals surface area contributed by atoms with Crippen LogP contribution in [0.1, 0.15) is 44.5 Å². The summed E-state index contributed by atoms with van der Waals surface area (Å²) in [6, 6.07) is 4.68. The second kappa shape index (κ2) is 5.09. The summed E-state index contributed by atoms with van der Waals surface area (Å²) in [7, 11) is 0. The molecule has 0 heteroatoms. The molecular weight excluding hydrogens is 240 g/mol. The van der Waals surface area contributed by atoms with Crippen molar-refractivity contribution in [3.63, 3.8) is 0 Å². The zero-order valence-corrected chi connectivity index (χ0v) is 14.2. The normalized spacial score (nSPS) is 11.0. The first kappa shape index (κ1) is 14.8. The Kier molecular flexibility index (Phi) is 3.77. The molecule has 0 atom stereocenters. The van der Waals surface area contributed by atoms with Gasteiger partial charge in [0, 0.05) is 0 Å². The first-order valence-corrected chi connectivity index (χ1v) is 7.40. The number of hydrogen-bond donors (Lipinski definition) is 0. The molecule has 0 nitrogen and oxygen atoms in total. The van der Waals surface area contributed by atoms with Gasteiger partial charge in [0.25, 0.3) is 0 Å². The van der Waals surface area contributed by atoms with Crippen LogP contribution in [0.4, 0.5) is 0 Å². The average Bonchev–Trinajstić information content (AvgIpc) is 2.39. The molecule has 2 aromatic rings. The fourth-order valence-corrected chi connectivity index (χ4v) is 3.17. The highest BCUT2D eigenvalue weighted by atomic mass is 14.2. The van der Waals surface area contributed by atoms with E-state index in [0.29, 0.717) is 0 Å². The summed E-state index contributed by atoms with van der Waals surface area (Å²) in [5.74, 6) is 0. The van der Waals surface area contributed by atoms with Crippen molar-refractivity contribution in [2.45, 2.75) is 55.4 Å². The summed E-state index contributed by atoms with van der Waals surface area (Å²) in [5, 5.41) is 0. The highest BCUT2D eigenvalue weighted by Crippen LogP contribution is 2.36. The van der Waals surface area contributed by atoms with Crippen molar-refractivity contribution in [2.75, 3.05) is 0 Å². The molecule has 0 amide bonds. The highest BCUT2D eigenvalue weighted by molar-refractivity contribution is 5.77. The maximum atomic E-state index is 2.36. The first-order valence-electron chi connectivity index (χ1n) is 7.40. The van der Waals surface area contributed by atoms with Crippen LogP contribution in [-0.4, -0.2) is 0 Å². The summed E-state index contributed by atoms with van der Waals surface area (Å²) in [5.41, 5.74) is 14.1. The molecule has 0 aliphatic heterocycles. The lowest BCUT2D eigenvalue weighted by Crippen LogP contribution is -2.00. The standard InChI is InChI=1S/C20H26/c1-11-9-13(3)20(18(8)15(11)5)19-10-12(2)14(4)16(6)17(19)7/h9-10H,1-8H3. The Hall–Kier alpha value is -1.56. The molecule has 20 heavy (non-hydrogen) atoms. The third-order valence-electron chi connectivity index (χ3n) is 5.11. The molecule has 0 heterocycles. The minimum absolute atomic E-state index is 1.39. The monoisotopic (exact) mass is 266 g/mol. The zero-order valence-electron chi connectivity index (χ0n) is 14.2. The molecule has 0 saturated heterocycles. The molecule has 0 aliphatic carbocycles. The van der Waals surface area contributed by atoms with E-state index in [1.54, 1.807) is 0 Å². The molecule has 0 unspecified atom stereocenters. The average molecular weight is 266 g/mol. The van der Waals surface area contributed by atoms with Crippen LogP contribution >= 0.6 is 0 Å². The third-order valence-corrected chi connectivity index (χ3v) is 5.11. The number of hydrogen-bond acceptors (Lipinski definition) is 0. The predicted molar refractivity (Wildman–Crippen MR) is 89.8 cm³/mol. The molecule has 0 aromatic heterocycles. The summed E-state index contributed by atoms with van der Waals surface area (Å²) in [6.07, 6.45) is 0. The van der Waals surface area contributed by atoms with Gasteiger partial charge in [-0.15, -0.1) is 0 Å². The maximum absolute atomic E-state index is 2.36. The largest absolute Gasteiger partial charge is 0.0555 e. The van der Waals surface area contributed by atoms with Gasteiger partial charge in [-0.25, -0.2) is 0 Å². The van der Waals surface area contributed by atoms with Gasteiger partial charge in [-0.1, -0.05) is 12.1 Å². The van der Waals surface area contributed by atoms with Crippen molar-refractivity contribution < 1.29 is 0 Å². The van der Waals surface area contributed by atoms with Gasteiger partial charge in [-0.2, -0.15) is 0 Å². The lowest BCUT2D eigenvalue weighted by molar-refractivity contribution is 1.19. The van der Waals surface area contributed by atoms with Crippen LogP contribution in [0.15, 0.2) is 12.1 Å². The Morgan fingerprint density at radius 2 is 0.950 bits per heavy atom. The van der Waals surface area contributed by atoms with E-state index >= 15 is 0 Å². The van der Waals surface area contributed by atoms with Crippen molar-refractivity contribution in [1.82, 2.24) is 0 Å². The molecule has 0 N–H and O–H groups in total. The van der Waals surface area contributed by atoms with Gasteiger partial charge in [0.2, 0.25) is 0 Å². The minimum Gasteiger partial charge on any atom is -0.0555 e. The van der Waals surface area contributed by atoms with Crippen LogP contribution in [-0.2, 0) is 0 Å². The molecule has 2 rings (SSSR count). The Labute approximate surface area is 123 Å². The van der Waals surface area contributed by atoms with Gasteiger partial charge in [-0.3, -0.25) is 0 Å². The van der Waals surface area contributed by atoms with E-state index in [9.17, 15) is 0 Å². The van der Waals surface area contributed by atoms with E-state index in [2.05, 4.69) is 67.5 Å².